The minimum atomic E-state index is -4.70. The molecule has 0 saturated carbocycles. The summed E-state index contributed by atoms with van der Waals surface area (Å²) in [5.74, 6) is -2.47. The number of rotatable bonds is 6. The van der Waals surface area contributed by atoms with E-state index in [9.17, 15) is 14.3 Å². The van der Waals surface area contributed by atoms with Gasteiger partial charge in [-0.2, -0.15) is 0 Å². The number of hydrogen-bond donors (Lipinski definition) is 1. The summed E-state index contributed by atoms with van der Waals surface area (Å²) in [5, 5.41) is 8.39. The van der Waals surface area contributed by atoms with Crippen molar-refractivity contribution in [1.29, 1.82) is 0 Å². The first-order valence-electron chi connectivity index (χ1n) is 4.52. The molecule has 0 saturated heterocycles. The predicted octanol–water partition coefficient (Wildman–Crippen LogP) is -1.71. The van der Waals surface area contributed by atoms with E-state index in [1.54, 1.807) is 30.3 Å². The minimum absolute atomic E-state index is 0. The van der Waals surface area contributed by atoms with Crippen LogP contribution in [-0.2, 0) is 25.0 Å². The number of phosphoric acid groups is 1. The quantitative estimate of drug-likeness (QED) is 0.288. The van der Waals surface area contributed by atoms with Crippen molar-refractivity contribution in [3.05, 3.63) is 48.2 Å². The molecule has 0 aliphatic rings. The number of carboxylic acids is 1. The topological polar surface area (TPSA) is 95.9 Å². The van der Waals surface area contributed by atoms with E-state index in [2.05, 4.69) is 15.6 Å². The summed E-state index contributed by atoms with van der Waals surface area (Å²) >= 11 is 0. The molecular weight excluding hydrogens is 270 g/mol. The Morgan fingerprint density at radius 2 is 1.94 bits per heavy atom. The fraction of sp³-hybridized carbons (Fsp3) is 0.100. The Hall–Kier alpha value is -0.620. The molecule has 0 bridgehead atoms. The molecule has 0 aliphatic carbocycles. The van der Waals surface area contributed by atoms with E-state index in [1.165, 1.54) is 0 Å². The van der Waals surface area contributed by atoms with E-state index < -0.39 is 19.6 Å². The summed E-state index contributed by atoms with van der Waals surface area (Å²) in [4.78, 5) is 21.5. The maximum atomic E-state index is 11.2. The number of benzene rings is 1. The van der Waals surface area contributed by atoms with Crippen LogP contribution in [0.25, 0.3) is 0 Å². The summed E-state index contributed by atoms with van der Waals surface area (Å²) in [7, 11) is -4.70. The Bertz CT molecular complexity index is 461. The van der Waals surface area contributed by atoms with Crippen LogP contribution in [-0.4, -0.2) is 11.1 Å². The molecule has 0 fully saturated rings. The minimum Gasteiger partial charge on any atom is -0.746 e. The van der Waals surface area contributed by atoms with Crippen LogP contribution in [0.4, 0.5) is 0 Å². The Labute approximate surface area is 126 Å². The van der Waals surface area contributed by atoms with E-state index in [1.807, 2.05) is 0 Å². The third-order valence-electron chi connectivity index (χ3n) is 1.69. The van der Waals surface area contributed by atoms with Crippen molar-refractivity contribution >= 4 is 13.8 Å². The second kappa shape index (κ2) is 7.74. The van der Waals surface area contributed by atoms with Gasteiger partial charge in [0.2, 0.25) is 5.76 Å². The van der Waals surface area contributed by atoms with Gasteiger partial charge in [0.1, 0.15) is 0 Å². The molecule has 1 rings (SSSR count). The molecule has 1 atom stereocenters. The van der Waals surface area contributed by atoms with Crippen LogP contribution in [0, 0.1) is 0 Å². The van der Waals surface area contributed by atoms with Crippen molar-refractivity contribution in [3.63, 3.8) is 0 Å². The zero-order valence-corrected chi connectivity index (χ0v) is 12.6. The van der Waals surface area contributed by atoms with Crippen molar-refractivity contribution in [3.8, 4) is 0 Å². The zero-order chi connectivity index (χ0) is 12.9. The number of carbonyl (C=O) groups is 1. The average Bonchev–Trinajstić information content (AvgIpc) is 2.27. The molecule has 0 aromatic heterocycles. The maximum Gasteiger partial charge on any atom is 1.00 e. The summed E-state index contributed by atoms with van der Waals surface area (Å²) in [6.07, 6.45) is 0. The van der Waals surface area contributed by atoms with Gasteiger partial charge >= 0.3 is 43.3 Å². The summed E-state index contributed by atoms with van der Waals surface area (Å²) in [6.45, 7) is 2.69. The van der Waals surface area contributed by atoms with Gasteiger partial charge in [0, 0.05) is 0 Å². The Kier molecular flexibility index (Phi) is 7.47. The number of aliphatic carboxylic acids is 1. The molecule has 18 heavy (non-hydrogen) atoms. The van der Waals surface area contributed by atoms with Gasteiger partial charge in [-0.3, -0.25) is 4.57 Å². The van der Waals surface area contributed by atoms with Crippen LogP contribution in [0.5, 0.6) is 0 Å². The monoisotopic (exact) mass is 280 g/mol. The molecule has 0 radical (unpaired) electrons. The molecule has 8 heteroatoms. The first kappa shape index (κ1) is 17.4. The zero-order valence-electron chi connectivity index (χ0n) is 9.74. The molecule has 0 spiro atoms. The number of hydrogen-bond acceptors (Lipinski definition) is 5. The third-order valence-corrected chi connectivity index (χ3v) is 2.58. The molecule has 1 unspecified atom stereocenters. The summed E-state index contributed by atoms with van der Waals surface area (Å²) in [5.41, 5.74) is 0.619. The summed E-state index contributed by atoms with van der Waals surface area (Å²) < 4.78 is 19.8. The van der Waals surface area contributed by atoms with Crippen LogP contribution in [0.3, 0.4) is 0 Å². The van der Waals surface area contributed by atoms with Crippen LogP contribution in [0.15, 0.2) is 42.7 Å². The average molecular weight is 280 g/mol. The van der Waals surface area contributed by atoms with Gasteiger partial charge in [0.25, 0.3) is 0 Å². The molecule has 1 N–H and O–H groups in total. The molecule has 1 aromatic rings. The second-order valence-electron chi connectivity index (χ2n) is 3.03. The first-order valence-corrected chi connectivity index (χ1v) is 5.98. The SMILES string of the molecule is C=C(OP(=O)([O-])OCc1ccccc1)C(=O)O.[Na+]. The van der Waals surface area contributed by atoms with Gasteiger partial charge in [-0.15, -0.1) is 0 Å². The van der Waals surface area contributed by atoms with Gasteiger partial charge in [0.05, 0.1) is 6.61 Å². The standard InChI is InChI=1S/C10H11O6P.Na/c1-8(10(11)12)16-17(13,14)15-7-9-5-3-2-4-6-9;/h2-6H,1,7H2,(H,11,12)(H,13,14);/q;+1/p-1. The fourth-order valence-corrected chi connectivity index (χ4v) is 1.64. The Morgan fingerprint density at radius 3 is 2.44 bits per heavy atom. The Balaban J connectivity index is 0.00000289. The third kappa shape index (κ3) is 6.35. The van der Waals surface area contributed by atoms with Crippen LogP contribution in [0.2, 0.25) is 0 Å². The molecule has 0 aliphatic heterocycles. The van der Waals surface area contributed by atoms with Gasteiger partial charge in [-0.25, -0.2) is 4.79 Å². The molecule has 0 amide bonds. The number of carboxylic acid groups (broad SMARTS) is 1. The number of phosphoric ester groups is 1. The predicted molar refractivity (Wildman–Crippen MR) is 56.7 cm³/mol. The second-order valence-corrected chi connectivity index (χ2v) is 4.36. The van der Waals surface area contributed by atoms with E-state index >= 15 is 0 Å². The molecule has 1 aromatic carbocycles. The van der Waals surface area contributed by atoms with Crippen LogP contribution in [0.1, 0.15) is 5.56 Å². The Morgan fingerprint density at radius 1 is 1.39 bits per heavy atom. The van der Waals surface area contributed by atoms with E-state index in [0.717, 1.165) is 0 Å². The van der Waals surface area contributed by atoms with Gasteiger partial charge < -0.3 is 19.0 Å². The maximum absolute atomic E-state index is 11.2. The van der Waals surface area contributed by atoms with E-state index in [4.69, 9.17) is 5.11 Å². The van der Waals surface area contributed by atoms with E-state index in [-0.39, 0.29) is 36.2 Å². The van der Waals surface area contributed by atoms with Crippen molar-refractivity contribution in [1.82, 2.24) is 0 Å². The van der Waals surface area contributed by atoms with Gasteiger partial charge in [-0.05, 0) is 12.1 Å². The van der Waals surface area contributed by atoms with Crippen molar-refractivity contribution in [2.75, 3.05) is 0 Å². The molecular formula is C10H10NaO6P. The van der Waals surface area contributed by atoms with E-state index in [0.29, 0.717) is 5.56 Å². The molecule has 92 valence electrons. The van der Waals surface area contributed by atoms with Gasteiger partial charge in [-0.1, -0.05) is 30.3 Å². The molecule has 0 heterocycles. The van der Waals surface area contributed by atoms with Gasteiger partial charge in [0.15, 0.2) is 0 Å². The van der Waals surface area contributed by atoms with Crippen LogP contribution < -0.4 is 34.5 Å². The smallest absolute Gasteiger partial charge is 0.746 e. The van der Waals surface area contributed by atoms with Crippen molar-refractivity contribution in [2.24, 2.45) is 0 Å². The molecule has 6 nitrogen and oxygen atoms in total. The normalized spacial score (nSPS) is 12.9. The van der Waals surface area contributed by atoms with Crippen molar-refractivity contribution in [2.45, 2.75) is 6.61 Å². The van der Waals surface area contributed by atoms with Crippen molar-refractivity contribution < 1.29 is 58.0 Å². The first-order chi connectivity index (χ1) is 7.91. The van der Waals surface area contributed by atoms with Crippen LogP contribution >= 0.6 is 7.82 Å². The fourth-order valence-electron chi connectivity index (χ4n) is 0.928. The summed E-state index contributed by atoms with van der Waals surface area (Å²) in [6, 6.07) is 8.51. The largest absolute Gasteiger partial charge is 1.00 e.